The Balaban J connectivity index is 2.90. The van der Waals surface area contributed by atoms with Gasteiger partial charge in [-0.05, 0) is 12.1 Å². The van der Waals surface area contributed by atoms with Gasteiger partial charge in [0.25, 0.3) is 0 Å². The number of carboxylic acids is 1. The summed E-state index contributed by atoms with van der Waals surface area (Å²) >= 11 is 0. The van der Waals surface area contributed by atoms with Crippen LogP contribution in [0.3, 0.4) is 0 Å². The number of nitrogens with zero attached hydrogens (tertiary/aromatic N) is 2. The number of imidazole rings is 1. The van der Waals surface area contributed by atoms with E-state index in [4.69, 9.17) is 5.11 Å². The Hall–Kier alpha value is -2.12. The third-order valence-electron chi connectivity index (χ3n) is 2.07. The Morgan fingerprint density at radius 2 is 2.06 bits per heavy atom. The summed E-state index contributed by atoms with van der Waals surface area (Å²) in [6.07, 6.45) is -3.95. The molecule has 0 radical (unpaired) electrons. The minimum atomic E-state index is -4.95. The van der Waals surface area contributed by atoms with Crippen LogP contribution in [-0.2, 0) is 6.18 Å². The lowest BCUT2D eigenvalue weighted by Gasteiger charge is -2.03. The first-order valence-electron chi connectivity index (χ1n) is 4.29. The molecule has 1 N–H and O–H groups in total. The van der Waals surface area contributed by atoms with Gasteiger partial charge in [0.1, 0.15) is 0 Å². The summed E-state index contributed by atoms with van der Waals surface area (Å²) in [5.74, 6) is -2.85. The fourth-order valence-corrected chi connectivity index (χ4v) is 1.44. The van der Waals surface area contributed by atoms with Crippen LogP contribution in [0.2, 0.25) is 0 Å². The number of aromatic carboxylic acids is 1. The summed E-state index contributed by atoms with van der Waals surface area (Å²) in [6, 6.07) is 1.99. The molecule has 0 unspecified atom stereocenters. The molecule has 0 aromatic carbocycles. The third-order valence-corrected chi connectivity index (χ3v) is 2.07. The molecule has 0 amide bonds. The van der Waals surface area contributed by atoms with Gasteiger partial charge >= 0.3 is 12.1 Å². The third kappa shape index (κ3) is 1.71. The largest absolute Gasteiger partial charge is 0.476 e. The van der Waals surface area contributed by atoms with Crippen molar-refractivity contribution in [2.24, 2.45) is 0 Å². The van der Waals surface area contributed by atoms with Crippen LogP contribution in [0.25, 0.3) is 5.65 Å². The van der Waals surface area contributed by atoms with E-state index in [0.29, 0.717) is 4.40 Å². The monoisotopic (exact) mass is 248 g/mol. The van der Waals surface area contributed by atoms with Crippen LogP contribution in [-0.4, -0.2) is 20.5 Å². The molecule has 0 atom stereocenters. The zero-order chi connectivity index (χ0) is 12.8. The fraction of sp³-hybridized carbons (Fsp3) is 0.111. The average molecular weight is 248 g/mol. The summed E-state index contributed by atoms with van der Waals surface area (Å²) in [5, 5.41) is 8.72. The maximum absolute atomic E-state index is 13.2. The molecule has 4 nitrogen and oxygen atoms in total. The lowest BCUT2D eigenvalue weighted by molar-refractivity contribution is -0.141. The van der Waals surface area contributed by atoms with Crippen molar-refractivity contribution >= 4 is 11.6 Å². The van der Waals surface area contributed by atoms with Crippen LogP contribution in [0.15, 0.2) is 18.3 Å². The van der Waals surface area contributed by atoms with E-state index in [1.165, 1.54) is 0 Å². The molecule has 17 heavy (non-hydrogen) atoms. The number of halogens is 4. The average Bonchev–Trinajstić information content (AvgIpc) is 2.57. The van der Waals surface area contributed by atoms with Crippen molar-refractivity contribution in [3.63, 3.8) is 0 Å². The second kappa shape index (κ2) is 3.44. The van der Waals surface area contributed by atoms with E-state index in [0.717, 1.165) is 18.3 Å². The number of fused-ring (bicyclic) bond motifs is 1. The topological polar surface area (TPSA) is 54.6 Å². The van der Waals surface area contributed by atoms with E-state index >= 15 is 0 Å². The highest BCUT2D eigenvalue weighted by atomic mass is 19.4. The molecule has 8 heteroatoms. The number of aromatic nitrogens is 2. The van der Waals surface area contributed by atoms with Crippen molar-refractivity contribution in [1.29, 1.82) is 0 Å². The van der Waals surface area contributed by atoms with Crippen molar-refractivity contribution in [3.05, 3.63) is 35.5 Å². The Morgan fingerprint density at radius 3 is 2.59 bits per heavy atom. The van der Waals surface area contributed by atoms with Gasteiger partial charge in [0.2, 0.25) is 0 Å². The van der Waals surface area contributed by atoms with Gasteiger partial charge < -0.3 is 5.11 Å². The van der Waals surface area contributed by atoms with E-state index in [2.05, 4.69) is 4.98 Å². The van der Waals surface area contributed by atoms with Gasteiger partial charge in [-0.15, -0.1) is 0 Å². The summed E-state index contributed by atoms with van der Waals surface area (Å²) in [5.41, 5.74) is -3.39. The first kappa shape index (κ1) is 11.4. The molecule has 2 rings (SSSR count). The Morgan fingerprint density at radius 1 is 1.41 bits per heavy atom. The van der Waals surface area contributed by atoms with Crippen LogP contribution in [0, 0.1) is 5.82 Å². The molecule has 0 aliphatic rings. The number of carboxylic acid groups (broad SMARTS) is 1. The predicted molar refractivity (Wildman–Crippen MR) is 47.1 cm³/mol. The van der Waals surface area contributed by atoms with Crippen molar-refractivity contribution < 1.29 is 27.5 Å². The molecule has 0 fully saturated rings. The van der Waals surface area contributed by atoms with Crippen LogP contribution >= 0.6 is 0 Å². The predicted octanol–water partition coefficient (Wildman–Crippen LogP) is 2.19. The standard InChI is InChI=1S/C9H4F4N2O2/c10-4-2-1-3-15-5(8(16)17)6(9(11,12)13)14-7(4)15/h1-3H,(H,16,17). The molecule has 0 bridgehead atoms. The van der Waals surface area contributed by atoms with Crippen LogP contribution in [0.5, 0.6) is 0 Å². The van der Waals surface area contributed by atoms with Crippen molar-refractivity contribution in [2.75, 3.05) is 0 Å². The zero-order valence-corrected chi connectivity index (χ0v) is 7.99. The van der Waals surface area contributed by atoms with Crippen molar-refractivity contribution in [3.8, 4) is 0 Å². The molecule has 0 saturated heterocycles. The lowest BCUT2D eigenvalue weighted by Crippen LogP contribution is -2.13. The maximum Gasteiger partial charge on any atom is 0.435 e. The number of carbonyl (C=O) groups is 1. The van der Waals surface area contributed by atoms with Crippen molar-refractivity contribution in [1.82, 2.24) is 9.38 Å². The molecule has 2 aromatic rings. The smallest absolute Gasteiger partial charge is 0.435 e. The lowest BCUT2D eigenvalue weighted by atomic mass is 10.3. The second-order valence-electron chi connectivity index (χ2n) is 3.16. The molecule has 90 valence electrons. The molecular formula is C9H4F4N2O2. The highest BCUT2D eigenvalue weighted by molar-refractivity contribution is 5.88. The molecule has 0 saturated carbocycles. The molecule has 0 spiro atoms. The molecular weight excluding hydrogens is 244 g/mol. The SMILES string of the molecule is O=C(O)c1c(C(F)(F)F)nc2c(F)cccn12. The summed E-state index contributed by atoms with van der Waals surface area (Å²) < 4.78 is 51.3. The van der Waals surface area contributed by atoms with Gasteiger partial charge in [-0.2, -0.15) is 13.2 Å². The van der Waals surface area contributed by atoms with Crippen LogP contribution in [0.1, 0.15) is 16.2 Å². The van der Waals surface area contributed by atoms with E-state index in [1.54, 1.807) is 0 Å². The number of hydrogen-bond acceptors (Lipinski definition) is 2. The Kier molecular flexibility index (Phi) is 2.30. The van der Waals surface area contributed by atoms with Crippen LogP contribution < -0.4 is 0 Å². The van der Waals surface area contributed by atoms with Crippen LogP contribution in [0.4, 0.5) is 17.6 Å². The fourth-order valence-electron chi connectivity index (χ4n) is 1.44. The minimum Gasteiger partial charge on any atom is -0.476 e. The van der Waals surface area contributed by atoms with E-state index in [1.807, 2.05) is 0 Å². The number of pyridine rings is 1. The molecule has 2 aromatic heterocycles. The van der Waals surface area contributed by atoms with Gasteiger partial charge in [-0.1, -0.05) is 0 Å². The summed E-state index contributed by atoms with van der Waals surface area (Å²) in [6.45, 7) is 0. The first-order chi connectivity index (χ1) is 7.82. The number of rotatable bonds is 1. The van der Waals surface area contributed by atoms with E-state index < -0.39 is 35.0 Å². The summed E-state index contributed by atoms with van der Waals surface area (Å²) in [4.78, 5) is 13.8. The number of hydrogen-bond donors (Lipinski definition) is 1. The molecule has 0 aliphatic carbocycles. The first-order valence-corrected chi connectivity index (χ1v) is 4.29. The molecule has 2 heterocycles. The highest BCUT2D eigenvalue weighted by Gasteiger charge is 2.40. The maximum atomic E-state index is 13.2. The zero-order valence-electron chi connectivity index (χ0n) is 7.99. The Bertz CT molecular complexity index is 603. The van der Waals surface area contributed by atoms with Gasteiger partial charge in [0, 0.05) is 6.20 Å². The molecule has 0 aliphatic heterocycles. The highest BCUT2D eigenvalue weighted by Crippen LogP contribution is 2.32. The van der Waals surface area contributed by atoms with Crippen molar-refractivity contribution in [2.45, 2.75) is 6.18 Å². The van der Waals surface area contributed by atoms with E-state index in [-0.39, 0.29) is 0 Å². The van der Waals surface area contributed by atoms with Gasteiger partial charge in [0.05, 0.1) is 0 Å². The minimum absolute atomic E-state index is 0.556. The van der Waals surface area contributed by atoms with E-state index in [9.17, 15) is 22.4 Å². The quantitative estimate of drug-likeness (QED) is 0.787. The number of alkyl halides is 3. The van der Waals surface area contributed by atoms with Gasteiger partial charge in [0.15, 0.2) is 22.9 Å². The Labute approximate surface area is 91.1 Å². The van der Waals surface area contributed by atoms with Gasteiger partial charge in [-0.25, -0.2) is 14.2 Å². The second-order valence-corrected chi connectivity index (χ2v) is 3.16. The van der Waals surface area contributed by atoms with Gasteiger partial charge in [-0.3, -0.25) is 4.40 Å². The normalized spacial score (nSPS) is 12.0. The summed E-state index contributed by atoms with van der Waals surface area (Å²) in [7, 11) is 0.